The van der Waals surface area contributed by atoms with Crippen LogP contribution in [0.4, 0.5) is 13.2 Å². The number of hydrogen-bond donors (Lipinski definition) is 0. The van der Waals surface area contributed by atoms with Crippen LogP contribution in [0.5, 0.6) is 0 Å². The number of halogens is 3. The molecule has 5 heteroatoms. The molecule has 1 aromatic carbocycles. The van der Waals surface area contributed by atoms with Crippen molar-refractivity contribution in [1.82, 2.24) is 0 Å². The molecule has 0 aromatic heterocycles. The summed E-state index contributed by atoms with van der Waals surface area (Å²) in [5, 5.41) is 9.13. The first-order chi connectivity index (χ1) is 9.43. The first-order valence-corrected chi connectivity index (χ1v) is 6.49. The summed E-state index contributed by atoms with van der Waals surface area (Å²) >= 11 is 0. The van der Waals surface area contributed by atoms with Gasteiger partial charge in [0, 0.05) is 18.8 Å². The van der Waals surface area contributed by atoms with Crippen molar-refractivity contribution in [1.29, 1.82) is 5.26 Å². The van der Waals surface area contributed by atoms with Gasteiger partial charge in [0.2, 0.25) is 5.92 Å². The van der Waals surface area contributed by atoms with Crippen LogP contribution < -0.4 is 0 Å². The van der Waals surface area contributed by atoms with E-state index >= 15 is 0 Å². The van der Waals surface area contributed by atoms with Crippen LogP contribution in [-0.2, 0) is 4.79 Å². The molecule has 2 rings (SSSR count). The van der Waals surface area contributed by atoms with Gasteiger partial charge in [-0.15, -0.1) is 0 Å². The van der Waals surface area contributed by atoms with E-state index in [1.807, 2.05) is 6.07 Å². The van der Waals surface area contributed by atoms with Crippen molar-refractivity contribution >= 4 is 5.78 Å². The zero-order chi connectivity index (χ0) is 14.8. The summed E-state index contributed by atoms with van der Waals surface area (Å²) in [5.41, 5.74) is 0.287. The summed E-state index contributed by atoms with van der Waals surface area (Å²) in [7, 11) is 0. The van der Waals surface area contributed by atoms with Crippen LogP contribution in [0.25, 0.3) is 0 Å². The van der Waals surface area contributed by atoms with Crippen molar-refractivity contribution in [2.24, 2.45) is 5.92 Å². The molecule has 1 unspecified atom stereocenters. The number of hydrogen-bond acceptors (Lipinski definition) is 2. The Balaban J connectivity index is 2.13. The van der Waals surface area contributed by atoms with E-state index in [1.54, 1.807) is 0 Å². The average molecular weight is 281 g/mol. The fourth-order valence-corrected chi connectivity index (χ4v) is 2.55. The molecule has 0 N–H and O–H groups in total. The van der Waals surface area contributed by atoms with Crippen molar-refractivity contribution in [2.75, 3.05) is 0 Å². The molecule has 106 valence electrons. The van der Waals surface area contributed by atoms with E-state index in [1.165, 1.54) is 18.2 Å². The zero-order valence-electron chi connectivity index (χ0n) is 10.8. The summed E-state index contributed by atoms with van der Waals surface area (Å²) in [6.07, 6.45) is -0.492. The highest BCUT2D eigenvalue weighted by Gasteiger charge is 2.39. The fraction of sp³-hybridized carbons (Fsp3) is 0.467. The highest BCUT2D eigenvalue weighted by Crippen LogP contribution is 2.38. The van der Waals surface area contributed by atoms with Crippen molar-refractivity contribution in [3.05, 3.63) is 35.6 Å². The van der Waals surface area contributed by atoms with Gasteiger partial charge in [-0.3, -0.25) is 4.79 Å². The van der Waals surface area contributed by atoms with E-state index in [0.29, 0.717) is 0 Å². The predicted molar refractivity (Wildman–Crippen MR) is 66.7 cm³/mol. The third-order valence-corrected chi connectivity index (χ3v) is 3.72. The molecule has 0 bridgehead atoms. The van der Waals surface area contributed by atoms with Gasteiger partial charge in [-0.1, -0.05) is 12.1 Å². The lowest BCUT2D eigenvalue weighted by molar-refractivity contribution is -0.127. The lowest BCUT2D eigenvalue weighted by Crippen LogP contribution is -2.31. The minimum Gasteiger partial charge on any atom is -0.298 e. The van der Waals surface area contributed by atoms with Crippen LogP contribution in [0.2, 0.25) is 0 Å². The van der Waals surface area contributed by atoms with Gasteiger partial charge in [0.25, 0.3) is 0 Å². The highest BCUT2D eigenvalue weighted by atomic mass is 19.3. The summed E-state index contributed by atoms with van der Waals surface area (Å²) in [5.74, 6) is -5.23. The Hall–Kier alpha value is -1.83. The second kappa shape index (κ2) is 5.66. The Labute approximate surface area is 115 Å². The summed E-state index contributed by atoms with van der Waals surface area (Å²) in [6, 6.07) is 7.16. The topological polar surface area (TPSA) is 40.9 Å². The van der Waals surface area contributed by atoms with Gasteiger partial charge in [-0.05, 0) is 30.5 Å². The molecule has 1 fully saturated rings. The van der Waals surface area contributed by atoms with Crippen molar-refractivity contribution in [2.45, 2.75) is 37.5 Å². The first kappa shape index (κ1) is 14.6. The Bertz CT molecular complexity index is 540. The monoisotopic (exact) mass is 281 g/mol. The van der Waals surface area contributed by atoms with Crippen molar-refractivity contribution in [3.63, 3.8) is 0 Å². The molecule has 0 aliphatic heterocycles. The van der Waals surface area contributed by atoms with Gasteiger partial charge in [0.15, 0.2) is 5.78 Å². The molecule has 0 radical (unpaired) electrons. The van der Waals surface area contributed by atoms with Crippen molar-refractivity contribution < 1.29 is 18.0 Å². The smallest absolute Gasteiger partial charge is 0.248 e. The second-order valence-corrected chi connectivity index (χ2v) is 5.15. The van der Waals surface area contributed by atoms with E-state index in [9.17, 15) is 18.0 Å². The standard InChI is InChI=1S/C15H14F3NO/c16-12-3-1-2-11(8-12)13(9-19)14(20)10-4-6-15(17,18)7-5-10/h1-3,8,10,13H,4-7H2. The number of Topliss-reactive ketones (excluding diaryl/α,β-unsaturated/α-hetero) is 1. The fourth-order valence-electron chi connectivity index (χ4n) is 2.55. The molecular weight excluding hydrogens is 267 g/mol. The van der Waals surface area contributed by atoms with Crippen molar-refractivity contribution in [3.8, 4) is 6.07 Å². The number of rotatable bonds is 3. The highest BCUT2D eigenvalue weighted by molar-refractivity contribution is 5.90. The molecule has 0 saturated heterocycles. The van der Waals surface area contributed by atoms with E-state index < -0.39 is 23.6 Å². The Morgan fingerprint density at radius 2 is 2.00 bits per heavy atom. The molecule has 20 heavy (non-hydrogen) atoms. The van der Waals surface area contributed by atoms with Gasteiger partial charge in [-0.25, -0.2) is 13.2 Å². The minimum absolute atomic E-state index is 0.0827. The Kier molecular flexibility index (Phi) is 4.12. The molecule has 1 aromatic rings. The normalized spacial score (nSPS) is 20.1. The molecule has 2 nitrogen and oxygen atoms in total. The van der Waals surface area contributed by atoms with Crippen LogP contribution in [0, 0.1) is 23.1 Å². The Morgan fingerprint density at radius 3 is 2.55 bits per heavy atom. The number of nitriles is 1. The Morgan fingerprint density at radius 1 is 1.35 bits per heavy atom. The summed E-state index contributed by atoms with van der Waals surface area (Å²) < 4.78 is 39.3. The third-order valence-electron chi connectivity index (χ3n) is 3.72. The first-order valence-electron chi connectivity index (χ1n) is 6.49. The van der Waals surface area contributed by atoms with E-state index in [2.05, 4.69) is 0 Å². The number of ketones is 1. The molecule has 0 amide bonds. The van der Waals surface area contributed by atoms with Gasteiger partial charge >= 0.3 is 0 Å². The molecule has 1 aliphatic rings. The molecule has 0 spiro atoms. The predicted octanol–water partition coefficient (Wildman–Crippen LogP) is 3.83. The number of benzene rings is 1. The van der Waals surface area contributed by atoms with Gasteiger partial charge in [-0.2, -0.15) is 5.26 Å². The molecular formula is C15H14F3NO. The second-order valence-electron chi connectivity index (χ2n) is 5.15. The molecule has 1 atom stereocenters. The van der Waals surface area contributed by atoms with Gasteiger partial charge in [0.05, 0.1) is 6.07 Å². The van der Waals surface area contributed by atoms with Crippen LogP contribution in [0.15, 0.2) is 24.3 Å². The van der Waals surface area contributed by atoms with E-state index in [0.717, 1.165) is 6.07 Å². The maximum atomic E-state index is 13.2. The van der Waals surface area contributed by atoms with Gasteiger partial charge in [0.1, 0.15) is 11.7 Å². The molecule has 1 saturated carbocycles. The maximum Gasteiger partial charge on any atom is 0.248 e. The van der Waals surface area contributed by atoms with Crippen LogP contribution in [0.1, 0.15) is 37.2 Å². The molecule has 1 aliphatic carbocycles. The van der Waals surface area contributed by atoms with E-state index in [-0.39, 0.29) is 37.0 Å². The average Bonchev–Trinajstić information content (AvgIpc) is 2.39. The van der Waals surface area contributed by atoms with Crippen LogP contribution in [0.3, 0.4) is 0 Å². The minimum atomic E-state index is -2.71. The largest absolute Gasteiger partial charge is 0.298 e. The number of nitrogens with zero attached hydrogens (tertiary/aromatic N) is 1. The van der Waals surface area contributed by atoms with Crippen LogP contribution >= 0.6 is 0 Å². The van der Waals surface area contributed by atoms with Gasteiger partial charge < -0.3 is 0 Å². The number of alkyl halides is 2. The summed E-state index contributed by atoms with van der Waals surface area (Å²) in [4.78, 5) is 12.3. The quantitative estimate of drug-likeness (QED) is 0.845. The summed E-state index contributed by atoms with van der Waals surface area (Å²) in [6.45, 7) is 0. The lowest BCUT2D eigenvalue weighted by atomic mass is 9.79. The zero-order valence-corrected chi connectivity index (χ0v) is 10.8. The lowest BCUT2D eigenvalue weighted by Gasteiger charge is -2.28. The van der Waals surface area contributed by atoms with E-state index in [4.69, 9.17) is 5.26 Å². The molecule has 0 heterocycles. The SMILES string of the molecule is N#CC(C(=O)C1CCC(F)(F)CC1)c1cccc(F)c1. The number of carbonyl (C=O) groups is 1. The maximum absolute atomic E-state index is 13.2. The third kappa shape index (κ3) is 3.19. The number of carbonyl (C=O) groups excluding carboxylic acids is 1. The van der Waals surface area contributed by atoms with Crippen LogP contribution in [-0.4, -0.2) is 11.7 Å².